The predicted octanol–water partition coefficient (Wildman–Crippen LogP) is 0.874. The van der Waals surface area contributed by atoms with E-state index in [-0.39, 0.29) is 11.8 Å². The van der Waals surface area contributed by atoms with E-state index in [2.05, 4.69) is 5.32 Å². The molecular formula is C14H21N3O3. The molecule has 0 aliphatic heterocycles. The van der Waals surface area contributed by atoms with Gasteiger partial charge in [-0.25, -0.2) is 0 Å². The monoisotopic (exact) mass is 279 g/mol. The van der Waals surface area contributed by atoms with Gasteiger partial charge in [-0.3, -0.25) is 9.59 Å². The van der Waals surface area contributed by atoms with Crippen molar-refractivity contribution >= 4 is 17.5 Å². The number of methoxy groups -OCH3 is 1. The van der Waals surface area contributed by atoms with E-state index >= 15 is 0 Å². The lowest BCUT2D eigenvalue weighted by Crippen LogP contribution is -2.45. The van der Waals surface area contributed by atoms with Crippen molar-refractivity contribution in [3.63, 3.8) is 0 Å². The Labute approximate surface area is 118 Å². The van der Waals surface area contributed by atoms with Crippen molar-refractivity contribution < 1.29 is 14.3 Å². The van der Waals surface area contributed by atoms with Crippen molar-refractivity contribution in [2.75, 3.05) is 26.4 Å². The lowest BCUT2D eigenvalue weighted by molar-refractivity contribution is -0.131. The molecule has 1 rings (SSSR count). The van der Waals surface area contributed by atoms with Gasteiger partial charge in [0.2, 0.25) is 5.91 Å². The Hall–Kier alpha value is -2.24. The zero-order valence-electron chi connectivity index (χ0n) is 12.3. The minimum Gasteiger partial charge on any atom is -0.496 e. The number of nitrogen functional groups attached to an aromatic ring is 1. The van der Waals surface area contributed by atoms with Crippen molar-refractivity contribution in [1.29, 1.82) is 0 Å². The van der Waals surface area contributed by atoms with Crippen molar-refractivity contribution in [2.45, 2.75) is 19.9 Å². The molecule has 0 aliphatic carbocycles. The fraction of sp³-hybridized carbons (Fsp3) is 0.429. The molecule has 6 nitrogen and oxygen atoms in total. The van der Waals surface area contributed by atoms with Crippen LogP contribution in [0.2, 0.25) is 0 Å². The van der Waals surface area contributed by atoms with Crippen molar-refractivity contribution in [3.8, 4) is 5.75 Å². The van der Waals surface area contributed by atoms with Crippen LogP contribution in [0.5, 0.6) is 5.75 Å². The topological polar surface area (TPSA) is 84.7 Å². The molecule has 0 aliphatic rings. The molecule has 0 fully saturated rings. The van der Waals surface area contributed by atoms with Crippen LogP contribution >= 0.6 is 0 Å². The minimum absolute atomic E-state index is 0.143. The van der Waals surface area contributed by atoms with Gasteiger partial charge in [-0.2, -0.15) is 0 Å². The fourth-order valence-electron chi connectivity index (χ4n) is 1.72. The molecule has 0 bridgehead atoms. The first-order valence-corrected chi connectivity index (χ1v) is 6.40. The van der Waals surface area contributed by atoms with Crippen LogP contribution in [0, 0.1) is 0 Å². The third-order valence-electron chi connectivity index (χ3n) is 3.04. The van der Waals surface area contributed by atoms with E-state index in [1.807, 2.05) is 6.92 Å². The summed E-state index contributed by atoms with van der Waals surface area (Å²) in [7, 11) is 3.15. The highest BCUT2D eigenvalue weighted by atomic mass is 16.5. The van der Waals surface area contributed by atoms with Crippen LogP contribution in [0.15, 0.2) is 18.2 Å². The number of nitrogens with one attached hydrogen (secondary N) is 1. The second kappa shape index (κ2) is 6.79. The lowest BCUT2D eigenvalue weighted by Gasteiger charge is -2.21. The van der Waals surface area contributed by atoms with E-state index in [1.165, 1.54) is 7.11 Å². The molecule has 0 spiro atoms. The molecule has 6 heteroatoms. The van der Waals surface area contributed by atoms with Gasteiger partial charge in [-0.15, -0.1) is 0 Å². The van der Waals surface area contributed by atoms with Crippen LogP contribution in [-0.4, -0.2) is 43.5 Å². The Kier molecular flexibility index (Phi) is 5.37. The number of benzene rings is 1. The van der Waals surface area contributed by atoms with Gasteiger partial charge in [0.05, 0.1) is 12.7 Å². The highest BCUT2D eigenvalue weighted by Crippen LogP contribution is 2.21. The molecule has 0 saturated heterocycles. The van der Waals surface area contributed by atoms with Gasteiger partial charge in [0.25, 0.3) is 5.91 Å². The summed E-state index contributed by atoms with van der Waals surface area (Å²) in [6, 6.07) is 4.15. The Morgan fingerprint density at radius 3 is 2.65 bits per heavy atom. The first-order chi connectivity index (χ1) is 9.40. The molecule has 1 atom stereocenters. The van der Waals surface area contributed by atoms with Gasteiger partial charge in [0.15, 0.2) is 0 Å². The van der Waals surface area contributed by atoms with Crippen LogP contribution in [0.1, 0.15) is 24.2 Å². The number of nitrogens with two attached hydrogens (primary N) is 1. The largest absolute Gasteiger partial charge is 0.496 e. The Morgan fingerprint density at radius 2 is 2.10 bits per heavy atom. The maximum Gasteiger partial charge on any atom is 0.255 e. The summed E-state index contributed by atoms with van der Waals surface area (Å²) in [6.07, 6.45) is 0. The van der Waals surface area contributed by atoms with Gasteiger partial charge < -0.3 is 20.7 Å². The van der Waals surface area contributed by atoms with Crippen LogP contribution in [0.3, 0.4) is 0 Å². The number of hydrogen-bond donors (Lipinski definition) is 2. The smallest absolute Gasteiger partial charge is 0.255 e. The van der Waals surface area contributed by atoms with E-state index in [0.29, 0.717) is 23.5 Å². The van der Waals surface area contributed by atoms with Gasteiger partial charge in [0, 0.05) is 25.3 Å². The van der Waals surface area contributed by atoms with Crippen molar-refractivity contribution in [1.82, 2.24) is 10.2 Å². The van der Waals surface area contributed by atoms with Crippen LogP contribution in [0.25, 0.3) is 0 Å². The quantitative estimate of drug-likeness (QED) is 0.783. The molecule has 0 saturated carbocycles. The van der Waals surface area contributed by atoms with Crippen LogP contribution in [-0.2, 0) is 4.79 Å². The maximum atomic E-state index is 12.2. The normalized spacial score (nSPS) is 11.6. The Bertz CT molecular complexity index is 502. The number of anilines is 1. The summed E-state index contributed by atoms with van der Waals surface area (Å²) in [5.41, 5.74) is 6.49. The standard InChI is InChI=1S/C14H21N3O3/c1-5-17(3)14(19)9(2)16-13(18)11-7-6-10(15)8-12(11)20-4/h6-9H,5,15H2,1-4H3,(H,16,18). The highest BCUT2D eigenvalue weighted by Gasteiger charge is 2.21. The van der Waals surface area contributed by atoms with E-state index in [0.717, 1.165) is 0 Å². The highest BCUT2D eigenvalue weighted by molar-refractivity contribution is 5.99. The zero-order chi connectivity index (χ0) is 15.3. The van der Waals surface area contributed by atoms with E-state index in [9.17, 15) is 9.59 Å². The van der Waals surface area contributed by atoms with Crippen LogP contribution in [0.4, 0.5) is 5.69 Å². The van der Waals surface area contributed by atoms with Crippen LogP contribution < -0.4 is 15.8 Å². The van der Waals surface area contributed by atoms with Gasteiger partial charge >= 0.3 is 0 Å². The van der Waals surface area contributed by atoms with Gasteiger partial charge in [-0.05, 0) is 26.0 Å². The lowest BCUT2D eigenvalue weighted by atomic mass is 10.1. The Balaban J connectivity index is 2.84. The molecule has 110 valence electrons. The number of amides is 2. The second-order valence-corrected chi connectivity index (χ2v) is 4.51. The first-order valence-electron chi connectivity index (χ1n) is 6.40. The number of nitrogens with zero attached hydrogens (tertiary/aromatic N) is 1. The van der Waals surface area contributed by atoms with Gasteiger partial charge in [-0.1, -0.05) is 0 Å². The molecule has 0 heterocycles. The number of likely N-dealkylation sites (N-methyl/N-ethyl adjacent to an activating group) is 1. The summed E-state index contributed by atoms with van der Waals surface area (Å²) in [5, 5.41) is 2.65. The number of carbonyl (C=O) groups is 2. The number of hydrogen-bond acceptors (Lipinski definition) is 4. The maximum absolute atomic E-state index is 12.2. The fourth-order valence-corrected chi connectivity index (χ4v) is 1.72. The minimum atomic E-state index is -0.602. The predicted molar refractivity (Wildman–Crippen MR) is 77.6 cm³/mol. The molecule has 0 aromatic heterocycles. The molecule has 20 heavy (non-hydrogen) atoms. The summed E-state index contributed by atoms with van der Waals surface area (Å²) >= 11 is 0. The third kappa shape index (κ3) is 3.63. The van der Waals surface area contributed by atoms with E-state index in [4.69, 9.17) is 10.5 Å². The summed E-state index contributed by atoms with van der Waals surface area (Å²) < 4.78 is 5.12. The first kappa shape index (κ1) is 15.8. The Morgan fingerprint density at radius 1 is 1.45 bits per heavy atom. The SMILES string of the molecule is CCN(C)C(=O)C(C)NC(=O)c1ccc(N)cc1OC. The molecule has 3 N–H and O–H groups in total. The number of rotatable bonds is 5. The second-order valence-electron chi connectivity index (χ2n) is 4.51. The van der Waals surface area contributed by atoms with E-state index < -0.39 is 6.04 Å². The average molecular weight is 279 g/mol. The average Bonchev–Trinajstić information content (AvgIpc) is 2.44. The van der Waals surface area contributed by atoms with Crippen molar-refractivity contribution in [2.24, 2.45) is 0 Å². The molecular weight excluding hydrogens is 258 g/mol. The summed E-state index contributed by atoms with van der Waals surface area (Å²) in [4.78, 5) is 25.6. The molecule has 1 unspecified atom stereocenters. The summed E-state index contributed by atoms with van der Waals surface area (Å²) in [5.74, 6) is -0.131. The van der Waals surface area contributed by atoms with Gasteiger partial charge in [0.1, 0.15) is 11.8 Å². The van der Waals surface area contributed by atoms with E-state index in [1.54, 1.807) is 37.1 Å². The number of ether oxygens (including phenoxy) is 1. The number of carbonyl (C=O) groups excluding carboxylic acids is 2. The summed E-state index contributed by atoms with van der Waals surface area (Å²) in [6.45, 7) is 4.11. The zero-order valence-corrected chi connectivity index (χ0v) is 12.3. The molecule has 1 aromatic carbocycles. The third-order valence-corrected chi connectivity index (χ3v) is 3.04. The molecule has 2 amide bonds. The van der Waals surface area contributed by atoms with Crippen molar-refractivity contribution in [3.05, 3.63) is 23.8 Å². The molecule has 1 aromatic rings. The molecule has 0 radical (unpaired) electrons.